The van der Waals surface area contributed by atoms with Crippen LogP contribution in [-0.4, -0.2) is 327 Å². The lowest BCUT2D eigenvalue weighted by molar-refractivity contribution is -0.0665. The normalized spacial score (nSPS) is 37.7. The van der Waals surface area contributed by atoms with Crippen LogP contribution in [0, 0.1) is 0 Å². The Morgan fingerprint density at radius 2 is 0.452 bits per heavy atom. The van der Waals surface area contributed by atoms with E-state index in [0.717, 1.165) is 51.7 Å². The molecular weight excluding hydrogens is 1950 g/mol. The molecule has 27 N–H and O–H groups in total. The third-order valence-corrected chi connectivity index (χ3v) is 27.9. The Hall–Kier alpha value is -10.3. The number of anilines is 6. The van der Waals surface area contributed by atoms with Gasteiger partial charge in [0.2, 0.25) is 17.8 Å². The number of rotatable bonds is 6. The molecule has 21 rings (SSSR count). The second kappa shape index (κ2) is 35.3. The Balaban J connectivity index is 0.000000130. The highest BCUT2D eigenvalue weighted by atomic mass is 31.2. The first-order chi connectivity index (χ1) is 63.9. The summed E-state index contributed by atoms with van der Waals surface area (Å²) in [6.07, 6.45) is -27.3. The number of phosphoric acid groups is 6. The van der Waals surface area contributed by atoms with E-state index in [0.29, 0.717) is 0 Å². The molecule has 0 saturated carbocycles. The summed E-state index contributed by atoms with van der Waals surface area (Å²) in [5.41, 5.74) is 32.5. The first-order valence-electron chi connectivity index (χ1n) is 38.9. The van der Waals surface area contributed by atoms with Crippen molar-refractivity contribution in [3.63, 3.8) is 0 Å². The van der Waals surface area contributed by atoms with Crippen LogP contribution in [0.4, 0.5) is 35.3 Å². The van der Waals surface area contributed by atoms with E-state index >= 15 is 0 Å². The Morgan fingerprint density at radius 1 is 0.274 bits per heavy atom. The molecule has 12 aromatic heterocycles. The fraction of sp³-hybridized carbons (Fsp3) is 0.500. The van der Waals surface area contributed by atoms with Crippen LogP contribution in [0.5, 0.6) is 0 Å². The predicted molar refractivity (Wildman–Crippen MR) is 430 cm³/mol. The molecule has 12 aromatic rings. The van der Waals surface area contributed by atoms with Crippen LogP contribution in [0.15, 0.2) is 71.3 Å². The van der Waals surface area contributed by atoms with Gasteiger partial charge in [0.25, 0.3) is 16.7 Å². The topological polar surface area (TPSA) is 989 Å². The van der Waals surface area contributed by atoms with E-state index in [9.17, 15) is 102 Å². The van der Waals surface area contributed by atoms with E-state index in [-0.39, 0.29) is 102 Å². The van der Waals surface area contributed by atoms with E-state index in [2.05, 4.69) is 89.7 Å². The minimum absolute atomic E-state index is 0.0383. The number of nitrogen functional groups attached to an aromatic ring is 6. The number of aliphatic hydroxyl groups excluding tert-OH is 6. The fourth-order valence-corrected chi connectivity index (χ4v) is 21.7. The Kier molecular flexibility index (Phi) is 24.5. The largest absolute Gasteiger partial charge is 0.472 e. The average Bonchev–Trinajstić information content (AvgIpc) is 1.61. The van der Waals surface area contributed by atoms with Gasteiger partial charge in [-0.15, -0.1) is 0 Å². The summed E-state index contributed by atoms with van der Waals surface area (Å²) >= 11 is 0. The van der Waals surface area contributed by atoms with Crippen molar-refractivity contribution in [1.29, 1.82) is 0 Å². The zero-order valence-corrected chi connectivity index (χ0v) is 72.6. The molecule has 9 aliphatic heterocycles. The first-order valence-corrected chi connectivity index (χ1v) is 47.8. The van der Waals surface area contributed by atoms with Gasteiger partial charge in [0.15, 0.2) is 105 Å². The van der Waals surface area contributed by atoms with Crippen molar-refractivity contribution < 1.29 is 170 Å². The highest BCUT2D eigenvalue weighted by Gasteiger charge is 2.59. The maximum Gasteiger partial charge on any atom is 0.472 e. The first kappa shape index (κ1) is 93.7. The predicted octanol–water partition coefficient (Wildman–Crippen LogP) is -7.02. The summed E-state index contributed by atoms with van der Waals surface area (Å²) in [5, 5.41) is 66.7. The third-order valence-electron chi connectivity index (χ3n) is 22.0. The number of imidazole rings is 6. The van der Waals surface area contributed by atoms with Crippen molar-refractivity contribution in [2.45, 2.75) is 147 Å². The molecule has 9 saturated heterocycles. The van der Waals surface area contributed by atoms with Gasteiger partial charge in [-0.05, 0) is 0 Å². The van der Waals surface area contributed by atoms with Crippen LogP contribution >= 0.6 is 46.9 Å². The quantitative estimate of drug-likeness (QED) is 0.0688. The monoisotopic (exact) mass is 2020 g/mol. The molecule has 9 fully saturated rings. The zero-order valence-electron chi connectivity index (χ0n) is 67.2. The van der Waals surface area contributed by atoms with E-state index in [1.165, 1.54) is 32.7 Å². The SMILES string of the molecule is Nc1nc2c(ncn2[C@@H]2O[C@@H]3COP(=O)(O)OC4[C@@H](COP(=O)(O)O[C@H]3C2O)O[C@@H](n2cnc3c(=O)[nH]c(N)nc32)[C@H]4O)c(=O)[nH]1.Nc1nc2c(ncn2[C@@H]2O[C@@H]3COP(=O)(O)OC4[C@@H](COP(=O)(O)O[C@H]3C2O)O[C@@H](n2cnc3c(N)ncnc32)[C@H]4O)c(=O)[nH]1.Nc1ncnc2c1ncn2[C@@H]1O[C@@H]2COP(=O)(O)OC3C(COP(=O)(O)O[C@H]2C1O)O[C@@H](n1cnc2c(N)ncnc21)[C@H]3O. The van der Waals surface area contributed by atoms with Crippen molar-refractivity contribution in [2.75, 3.05) is 74.0 Å². The van der Waals surface area contributed by atoms with Gasteiger partial charge in [-0.1, -0.05) is 0 Å². The highest BCUT2D eigenvalue weighted by Crippen LogP contribution is 2.59. The van der Waals surface area contributed by atoms with Crippen LogP contribution in [0.3, 0.4) is 0 Å². The number of nitrogens with two attached hydrogens (primary N) is 6. The minimum atomic E-state index is -5.10. The van der Waals surface area contributed by atoms with Crippen LogP contribution in [0.2, 0.25) is 0 Å². The number of aromatic nitrogens is 24. The smallest absolute Gasteiger partial charge is 0.386 e. The maximum atomic E-state index is 13.1. The van der Waals surface area contributed by atoms with E-state index < -0.39 is 250 Å². The molecule has 726 valence electrons. The Bertz CT molecular complexity index is 6840. The van der Waals surface area contributed by atoms with Crippen LogP contribution in [0.1, 0.15) is 37.4 Å². The number of fused-ring (bicyclic) bond motifs is 12. The molecule has 0 aliphatic carbocycles. The maximum absolute atomic E-state index is 13.1. The number of hydrogen-bond donors (Lipinski definition) is 21. The lowest BCUT2D eigenvalue weighted by Crippen LogP contribution is -2.39. The van der Waals surface area contributed by atoms with E-state index in [4.69, 9.17) is 117 Å². The van der Waals surface area contributed by atoms with E-state index in [1.807, 2.05) is 0 Å². The molecule has 21 heterocycles. The lowest BCUT2D eigenvalue weighted by Gasteiger charge is -2.27. The molecule has 0 aromatic carbocycles. The standard InChI is InChI=1S/C20H24N10O14P2.C20H24N10O13P2.C20H24N10O12P2/c21-19-25-13-7(15(33)27-19)23-3-29(13)17-9(31)11-5(41-17)1-39-45(35,36)44-12-6(2-40-46(37,38)43-11)42-18(10(12)32)30-4-24-8-14(30)26-20(22)28-16(8)34;21-14-8-15(24-3-23-14)29(4-25-8)18-10(31)12-6(40-18)1-38-45(36,37)43-13-7(2-39-44(34,35)42-12)41-19(11(13)32)30-5-26-9-16(30)27-20(22)28-17(9)33;21-15-9-17(25-3-23-15)29(5-27-9)19-11(31)13-7(39-19)1-37-43(33,34)42-14-8(2-38-44(35,36)41-13)40-20(12(14)32)30-6-28-10-16(22)24-4-26-18(10)30/h3-6,9-12,17-18,31-32H,1-2H2,(H,35,36)(H,37,38)(H3,21,25,27,33)(H3,22,26,28,34);3-7,10-13,18-19,31-32H,1-2H2,(H,34,35)(H,36,37)(H2,21,23,24)(H3,22,27,28,33);3-8,11-14,19-20,31-32H,1-2H2,(H,33,34)(H,35,36)(H2,21,23,25)(H2,22,24,26)/t5-,6-,9+,10?,11?,12-,17-,18-;6-,7-,10+,11?,12?,13-,18-,19-;7-,8?,11?,12+,13-,14?,19-,20-/m111/s1. The van der Waals surface area contributed by atoms with Gasteiger partial charge in [-0.2, -0.15) is 15.0 Å². The lowest BCUT2D eigenvalue weighted by atomic mass is 10.1. The molecule has 9 aliphatic rings. The Labute approximate surface area is 743 Å². The second-order valence-corrected chi connectivity index (χ2v) is 38.9. The average molecular weight is 2020 g/mol. The van der Waals surface area contributed by atoms with E-state index in [1.54, 1.807) is 0 Å². The third kappa shape index (κ3) is 17.9. The molecule has 0 amide bonds. The number of phosphoric ester groups is 6. The summed E-state index contributed by atoms with van der Waals surface area (Å²) < 4.78 is 183. The van der Waals surface area contributed by atoms with Crippen LogP contribution in [-0.2, 0) is 110 Å². The Morgan fingerprint density at radius 3 is 0.644 bits per heavy atom. The van der Waals surface area contributed by atoms with Crippen molar-refractivity contribution in [3.8, 4) is 0 Å². The molecule has 69 nitrogen and oxygen atoms in total. The number of nitrogens with one attached hydrogen (secondary N) is 3. The number of H-pyrrole nitrogens is 3. The minimum Gasteiger partial charge on any atom is -0.386 e. The number of nitrogens with zero attached hydrogens (tertiary/aromatic N) is 21. The van der Waals surface area contributed by atoms with Gasteiger partial charge in [0.1, 0.15) is 145 Å². The van der Waals surface area contributed by atoms with Crippen molar-refractivity contribution in [3.05, 3.63) is 88.0 Å². The van der Waals surface area contributed by atoms with Gasteiger partial charge in [0.05, 0.1) is 77.6 Å². The van der Waals surface area contributed by atoms with Gasteiger partial charge < -0.3 is 123 Å². The zero-order chi connectivity index (χ0) is 95.5. The van der Waals surface area contributed by atoms with Gasteiger partial charge in [0, 0.05) is 0 Å². The molecule has 13 unspecified atom stereocenters. The van der Waals surface area contributed by atoms with Crippen LogP contribution < -0.4 is 51.1 Å². The molecule has 0 bridgehead atoms. The van der Waals surface area contributed by atoms with Crippen LogP contribution in [0.25, 0.3) is 67.0 Å². The number of hydrogen-bond acceptors (Lipinski definition) is 54. The van der Waals surface area contributed by atoms with Crippen molar-refractivity contribution >= 4 is 149 Å². The van der Waals surface area contributed by atoms with Crippen molar-refractivity contribution in [2.24, 2.45) is 0 Å². The highest BCUT2D eigenvalue weighted by molar-refractivity contribution is 7.48. The number of aromatic amines is 3. The second-order valence-electron chi connectivity index (χ2n) is 30.4. The summed E-state index contributed by atoms with van der Waals surface area (Å²) in [6.45, 7) is -4.96. The fourth-order valence-electron chi connectivity index (χ4n) is 16.0. The van der Waals surface area contributed by atoms with Crippen molar-refractivity contribution in [1.82, 2.24) is 117 Å². The van der Waals surface area contributed by atoms with Gasteiger partial charge in [-0.3, -0.25) is 111 Å². The molecule has 0 spiro atoms. The summed E-state index contributed by atoms with van der Waals surface area (Å²) in [5.74, 6) is -0.690. The molecule has 30 atom stereocenters. The summed E-state index contributed by atoms with van der Waals surface area (Å²) in [7, 11) is -30.3. The van der Waals surface area contributed by atoms with Gasteiger partial charge >= 0.3 is 46.9 Å². The summed E-state index contributed by atoms with van der Waals surface area (Å²) in [6, 6.07) is 0. The molecule has 0 radical (unpaired) electrons. The van der Waals surface area contributed by atoms with Gasteiger partial charge in [-0.25, -0.2) is 87.2 Å². The number of aliphatic hydroxyl groups is 6. The number of ether oxygens (including phenoxy) is 6. The molecular formula is C60H72N30O39P6. The molecule has 135 heavy (non-hydrogen) atoms. The summed E-state index contributed by atoms with van der Waals surface area (Å²) in [4.78, 5) is 167. The molecule has 75 heteroatoms.